The molecular formula is C25H30N2O4. The monoisotopic (exact) mass is 422 g/mol. The normalized spacial score (nSPS) is 19.0. The average molecular weight is 423 g/mol. The summed E-state index contributed by atoms with van der Waals surface area (Å²) in [6.07, 6.45) is 6.80. The fourth-order valence-corrected chi connectivity index (χ4v) is 4.02. The van der Waals surface area contributed by atoms with Crippen molar-refractivity contribution in [2.24, 2.45) is 0 Å². The maximum atomic E-state index is 12.7. The number of nitrogens with one attached hydrogen (secondary N) is 1. The Morgan fingerprint density at radius 3 is 2.23 bits per heavy atom. The van der Waals surface area contributed by atoms with Crippen molar-refractivity contribution in [1.29, 1.82) is 0 Å². The molecule has 6 heteroatoms. The highest BCUT2D eigenvalue weighted by Gasteiger charge is 2.18. The summed E-state index contributed by atoms with van der Waals surface area (Å²) in [6, 6.07) is 14.2. The highest BCUT2D eigenvalue weighted by atomic mass is 16.5. The Kier molecular flexibility index (Phi) is 7.20. The average Bonchev–Trinajstić information content (AvgIpc) is 3.18. The zero-order valence-electron chi connectivity index (χ0n) is 17.8. The van der Waals surface area contributed by atoms with Crippen LogP contribution in [0.25, 0.3) is 0 Å². The van der Waals surface area contributed by atoms with Crippen LogP contribution in [0.4, 0.5) is 5.69 Å². The lowest BCUT2D eigenvalue weighted by Gasteiger charge is -2.20. The molecule has 164 valence electrons. The van der Waals surface area contributed by atoms with Crippen LogP contribution in [0.5, 0.6) is 5.75 Å². The smallest absolute Gasteiger partial charge is 0.255 e. The Morgan fingerprint density at radius 1 is 0.903 bits per heavy atom. The number of hydrogen-bond donors (Lipinski definition) is 1. The molecule has 31 heavy (non-hydrogen) atoms. The number of carbonyl (C=O) groups is 2. The van der Waals surface area contributed by atoms with Gasteiger partial charge in [0.2, 0.25) is 0 Å². The van der Waals surface area contributed by atoms with Crippen LogP contribution >= 0.6 is 0 Å². The second kappa shape index (κ2) is 10.4. The Hall–Kier alpha value is -2.86. The molecule has 2 aliphatic rings. The lowest BCUT2D eigenvalue weighted by atomic mass is 10.1. The van der Waals surface area contributed by atoms with Gasteiger partial charge in [0.15, 0.2) is 0 Å². The van der Waals surface area contributed by atoms with Gasteiger partial charge in [-0.2, -0.15) is 0 Å². The molecule has 0 bridgehead atoms. The molecule has 0 aliphatic carbocycles. The molecule has 2 fully saturated rings. The summed E-state index contributed by atoms with van der Waals surface area (Å²) in [7, 11) is 0. The molecule has 1 atom stereocenters. The molecule has 6 nitrogen and oxygen atoms in total. The van der Waals surface area contributed by atoms with Crippen molar-refractivity contribution in [3.05, 3.63) is 59.7 Å². The van der Waals surface area contributed by atoms with E-state index in [0.29, 0.717) is 23.4 Å². The minimum absolute atomic E-state index is 0.0679. The Balaban J connectivity index is 1.30. The fraction of sp³-hybridized carbons (Fsp3) is 0.440. The van der Waals surface area contributed by atoms with Crippen LogP contribution in [0.1, 0.15) is 59.2 Å². The van der Waals surface area contributed by atoms with Crippen LogP contribution in [0.3, 0.4) is 0 Å². The molecule has 0 radical (unpaired) electrons. The summed E-state index contributed by atoms with van der Waals surface area (Å²) in [4.78, 5) is 27.2. The number of benzene rings is 2. The third-order valence-electron chi connectivity index (χ3n) is 5.86. The van der Waals surface area contributed by atoms with Crippen LogP contribution in [0.15, 0.2) is 48.5 Å². The van der Waals surface area contributed by atoms with Crippen molar-refractivity contribution >= 4 is 17.5 Å². The third-order valence-corrected chi connectivity index (χ3v) is 5.86. The summed E-state index contributed by atoms with van der Waals surface area (Å²) in [5, 5.41) is 2.89. The molecule has 4 rings (SSSR count). The zero-order chi connectivity index (χ0) is 21.5. The Morgan fingerprint density at radius 2 is 1.58 bits per heavy atom. The van der Waals surface area contributed by atoms with E-state index >= 15 is 0 Å². The van der Waals surface area contributed by atoms with Gasteiger partial charge in [-0.15, -0.1) is 0 Å². The molecule has 2 amide bonds. The van der Waals surface area contributed by atoms with Crippen molar-refractivity contribution in [2.75, 3.05) is 31.6 Å². The fourth-order valence-electron chi connectivity index (χ4n) is 4.02. The molecule has 0 saturated carbocycles. The van der Waals surface area contributed by atoms with Gasteiger partial charge in [-0.25, -0.2) is 0 Å². The quantitative estimate of drug-likeness (QED) is 0.744. The van der Waals surface area contributed by atoms with Crippen LogP contribution < -0.4 is 10.1 Å². The lowest BCUT2D eigenvalue weighted by Crippen LogP contribution is -2.31. The first-order chi connectivity index (χ1) is 15.2. The first kappa shape index (κ1) is 21.4. The maximum Gasteiger partial charge on any atom is 0.255 e. The third kappa shape index (κ3) is 5.85. The maximum absolute atomic E-state index is 12.7. The van der Waals surface area contributed by atoms with E-state index in [-0.39, 0.29) is 17.9 Å². The second-order valence-corrected chi connectivity index (χ2v) is 8.21. The Labute approximate surface area is 183 Å². The van der Waals surface area contributed by atoms with Crippen molar-refractivity contribution in [1.82, 2.24) is 4.90 Å². The van der Waals surface area contributed by atoms with Crippen molar-refractivity contribution < 1.29 is 19.1 Å². The van der Waals surface area contributed by atoms with E-state index in [1.807, 2.05) is 4.90 Å². The van der Waals surface area contributed by atoms with Crippen molar-refractivity contribution in [2.45, 2.75) is 44.6 Å². The standard InChI is InChI=1S/C25H30N2O4/c28-24(19-9-13-22(14-10-19)31-18-23-6-5-17-30-23)26-21-11-7-20(8-12-21)25(29)27-15-3-1-2-4-16-27/h7-14,23H,1-6,15-18H2,(H,26,28). The minimum Gasteiger partial charge on any atom is -0.491 e. The van der Waals surface area contributed by atoms with E-state index in [1.54, 1.807) is 48.5 Å². The molecule has 1 N–H and O–H groups in total. The number of hydrogen-bond acceptors (Lipinski definition) is 4. The van der Waals surface area contributed by atoms with E-state index in [0.717, 1.165) is 51.1 Å². The zero-order valence-corrected chi connectivity index (χ0v) is 17.8. The number of amides is 2. The second-order valence-electron chi connectivity index (χ2n) is 8.21. The number of carbonyl (C=O) groups excluding carboxylic acids is 2. The van der Waals surface area contributed by atoms with E-state index in [9.17, 15) is 9.59 Å². The topological polar surface area (TPSA) is 67.9 Å². The predicted molar refractivity (Wildman–Crippen MR) is 120 cm³/mol. The molecule has 2 aliphatic heterocycles. The van der Waals surface area contributed by atoms with E-state index < -0.39 is 0 Å². The molecule has 0 aromatic heterocycles. The SMILES string of the molecule is O=C(Nc1ccc(C(=O)N2CCCCCC2)cc1)c1ccc(OCC2CCCO2)cc1. The van der Waals surface area contributed by atoms with E-state index in [4.69, 9.17) is 9.47 Å². The summed E-state index contributed by atoms with van der Waals surface area (Å²) >= 11 is 0. The van der Waals surface area contributed by atoms with Gasteiger partial charge in [0.1, 0.15) is 12.4 Å². The number of rotatable bonds is 6. The van der Waals surface area contributed by atoms with Crippen LogP contribution in [0, 0.1) is 0 Å². The molecule has 2 heterocycles. The largest absolute Gasteiger partial charge is 0.491 e. The number of likely N-dealkylation sites (tertiary alicyclic amines) is 1. The highest BCUT2D eigenvalue weighted by molar-refractivity contribution is 6.04. The summed E-state index contributed by atoms with van der Waals surface area (Å²) in [5.74, 6) is 0.596. The summed E-state index contributed by atoms with van der Waals surface area (Å²) in [5.41, 5.74) is 1.87. The molecule has 0 spiro atoms. The summed E-state index contributed by atoms with van der Waals surface area (Å²) < 4.78 is 11.3. The van der Waals surface area contributed by atoms with Crippen LogP contribution in [-0.2, 0) is 4.74 Å². The Bertz CT molecular complexity index is 865. The minimum atomic E-state index is -0.197. The van der Waals surface area contributed by atoms with Gasteiger partial charge >= 0.3 is 0 Å². The van der Waals surface area contributed by atoms with Gasteiger partial charge in [0.05, 0.1) is 6.10 Å². The van der Waals surface area contributed by atoms with Gasteiger partial charge in [-0.1, -0.05) is 12.8 Å². The molecule has 2 saturated heterocycles. The van der Waals surface area contributed by atoms with Crippen molar-refractivity contribution in [3.63, 3.8) is 0 Å². The predicted octanol–water partition coefficient (Wildman–Crippen LogP) is 4.51. The molecule has 1 unspecified atom stereocenters. The van der Waals surface area contributed by atoms with Gasteiger partial charge < -0.3 is 19.7 Å². The number of nitrogens with zero attached hydrogens (tertiary/aromatic N) is 1. The lowest BCUT2D eigenvalue weighted by molar-refractivity contribution is 0.0679. The van der Waals surface area contributed by atoms with Crippen molar-refractivity contribution in [3.8, 4) is 5.75 Å². The van der Waals surface area contributed by atoms with Crippen LogP contribution in [0.2, 0.25) is 0 Å². The summed E-state index contributed by atoms with van der Waals surface area (Å²) in [6.45, 7) is 2.99. The highest BCUT2D eigenvalue weighted by Crippen LogP contribution is 2.19. The van der Waals surface area contributed by atoms with E-state index in [1.165, 1.54) is 12.8 Å². The molecule has 2 aromatic carbocycles. The van der Waals surface area contributed by atoms with Gasteiger partial charge in [-0.05, 0) is 74.2 Å². The van der Waals surface area contributed by atoms with E-state index in [2.05, 4.69) is 5.32 Å². The van der Waals surface area contributed by atoms with Crippen LogP contribution in [-0.4, -0.2) is 49.1 Å². The van der Waals surface area contributed by atoms with Gasteiger partial charge in [0, 0.05) is 36.5 Å². The first-order valence-electron chi connectivity index (χ1n) is 11.2. The van der Waals surface area contributed by atoms with Gasteiger partial charge in [0.25, 0.3) is 11.8 Å². The van der Waals surface area contributed by atoms with Gasteiger partial charge in [-0.3, -0.25) is 9.59 Å². The molecular weight excluding hydrogens is 392 g/mol. The molecule has 2 aromatic rings. The number of anilines is 1. The first-order valence-corrected chi connectivity index (χ1v) is 11.2. The number of ether oxygens (including phenoxy) is 2.